The average molecular weight is 487 g/mol. The summed E-state index contributed by atoms with van der Waals surface area (Å²) in [5, 5.41) is 19.1. The minimum atomic E-state index is -0.365. The van der Waals surface area contributed by atoms with Crippen LogP contribution in [0.15, 0.2) is 55.2 Å². The number of rotatable bonds is 7. The van der Waals surface area contributed by atoms with Gasteiger partial charge in [0.25, 0.3) is 5.91 Å². The molecule has 1 N–H and O–H groups in total. The van der Waals surface area contributed by atoms with Crippen molar-refractivity contribution in [3.63, 3.8) is 0 Å². The third-order valence-corrected chi connectivity index (χ3v) is 6.40. The molecule has 0 radical (unpaired) electrons. The molecule has 1 aliphatic heterocycles. The Labute approximate surface area is 211 Å². The van der Waals surface area contributed by atoms with Gasteiger partial charge in [0.15, 0.2) is 0 Å². The summed E-state index contributed by atoms with van der Waals surface area (Å²) in [6.07, 6.45) is 6.49. The fourth-order valence-corrected chi connectivity index (χ4v) is 4.34. The van der Waals surface area contributed by atoms with Gasteiger partial charge in [-0.3, -0.25) is 9.69 Å². The predicted molar refractivity (Wildman–Crippen MR) is 134 cm³/mol. The Morgan fingerprint density at radius 2 is 2.03 bits per heavy atom. The van der Waals surface area contributed by atoms with E-state index in [-0.39, 0.29) is 36.5 Å². The summed E-state index contributed by atoms with van der Waals surface area (Å²) in [6, 6.07) is 10.7. The molecule has 1 amide bonds. The summed E-state index contributed by atoms with van der Waals surface area (Å²) < 4.78 is 6.38. The zero-order valence-electron chi connectivity index (χ0n) is 20.7. The van der Waals surface area contributed by atoms with Crippen molar-refractivity contribution in [3.8, 4) is 23.1 Å². The van der Waals surface area contributed by atoms with Crippen molar-refractivity contribution in [2.45, 2.75) is 32.5 Å². The van der Waals surface area contributed by atoms with Crippen LogP contribution in [0.2, 0.25) is 0 Å². The van der Waals surface area contributed by atoms with Crippen LogP contribution >= 0.6 is 0 Å². The van der Waals surface area contributed by atoms with Crippen LogP contribution in [0.5, 0.6) is 5.88 Å². The smallest absolute Gasteiger partial charge is 0.259 e. The maximum atomic E-state index is 13.6. The standard InChI is InChI=1S/C27H30N6O3/c1-18-13-33(19(2)16-34)27(35)24-8-23(22-6-4-5-20(7-22)9-28)12-31-26(24)36-25(18)15-32(3)14-21-10-29-17-30-11-21/h4-8,10-12,17-19,25,34H,13-16H2,1-3H3/t18-,19-,25+/m0/s1. The van der Waals surface area contributed by atoms with Gasteiger partial charge in [0.05, 0.1) is 24.3 Å². The van der Waals surface area contributed by atoms with E-state index >= 15 is 0 Å². The largest absolute Gasteiger partial charge is 0.472 e. The molecule has 0 saturated heterocycles. The molecule has 0 aliphatic carbocycles. The number of ether oxygens (including phenoxy) is 1. The van der Waals surface area contributed by atoms with Gasteiger partial charge in [-0.1, -0.05) is 19.1 Å². The number of nitrogens with zero attached hydrogens (tertiary/aromatic N) is 6. The highest BCUT2D eigenvalue weighted by atomic mass is 16.5. The first-order chi connectivity index (χ1) is 17.4. The van der Waals surface area contributed by atoms with Crippen LogP contribution in [0.4, 0.5) is 0 Å². The summed E-state index contributed by atoms with van der Waals surface area (Å²) in [4.78, 5) is 30.2. The minimum absolute atomic E-state index is 0.0145. The van der Waals surface area contributed by atoms with E-state index in [9.17, 15) is 15.2 Å². The fraction of sp³-hybridized carbons (Fsp3) is 0.370. The summed E-state index contributed by atoms with van der Waals surface area (Å²) in [7, 11) is 2.00. The molecular formula is C27H30N6O3. The van der Waals surface area contributed by atoms with Gasteiger partial charge in [-0.05, 0) is 37.7 Å². The number of pyridine rings is 1. The lowest BCUT2D eigenvalue weighted by atomic mass is 9.98. The summed E-state index contributed by atoms with van der Waals surface area (Å²) in [6.45, 7) is 5.40. The maximum Gasteiger partial charge on any atom is 0.259 e. The Hall–Kier alpha value is -3.87. The molecule has 1 aliphatic rings. The van der Waals surface area contributed by atoms with E-state index < -0.39 is 0 Å². The number of aliphatic hydroxyl groups is 1. The SMILES string of the molecule is C[C@H]1CN([C@@H](C)CO)C(=O)c2cc(-c3cccc(C#N)c3)cnc2O[C@@H]1CN(C)Cc1cncnc1. The zero-order chi connectivity index (χ0) is 25.7. The Balaban J connectivity index is 1.67. The first kappa shape index (κ1) is 25.2. The number of aromatic nitrogens is 3. The molecule has 186 valence electrons. The molecule has 3 heterocycles. The van der Waals surface area contributed by atoms with Crippen LogP contribution in [0.1, 0.15) is 35.3 Å². The van der Waals surface area contributed by atoms with Crippen molar-refractivity contribution in [2.75, 3.05) is 26.7 Å². The van der Waals surface area contributed by atoms with E-state index in [1.807, 2.05) is 27.0 Å². The third-order valence-electron chi connectivity index (χ3n) is 6.40. The number of hydrogen-bond acceptors (Lipinski definition) is 8. The molecule has 0 fully saturated rings. The molecule has 0 bridgehead atoms. The maximum absolute atomic E-state index is 13.6. The Morgan fingerprint density at radius 1 is 1.25 bits per heavy atom. The molecule has 0 spiro atoms. The number of aliphatic hydroxyl groups excluding tert-OH is 1. The molecule has 0 unspecified atom stereocenters. The van der Waals surface area contributed by atoms with E-state index in [1.54, 1.807) is 47.8 Å². The van der Waals surface area contributed by atoms with Gasteiger partial charge >= 0.3 is 0 Å². The Kier molecular flexibility index (Phi) is 7.88. The van der Waals surface area contributed by atoms with Gasteiger partial charge in [0, 0.05) is 55.3 Å². The van der Waals surface area contributed by atoms with E-state index in [0.29, 0.717) is 36.3 Å². The first-order valence-electron chi connectivity index (χ1n) is 11.9. The molecule has 4 rings (SSSR count). The van der Waals surface area contributed by atoms with Crippen LogP contribution in [-0.2, 0) is 6.54 Å². The van der Waals surface area contributed by atoms with E-state index in [1.165, 1.54) is 6.33 Å². The number of benzene rings is 1. The fourth-order valence-electron chi connectivity index (χ4n) is 4.34. The molecule has 0 saturated carbocycles. The molecule has 9 nitrogen and oxygen atoms in total. The molecule has 2 aromatic heterocycles. The number of hydrogen-bond donors (Lipinski definition) is 1. The van der Waals surface area contributed by atoms with Gasteiger partial charge in [0.2, 0.25) is 5.88 Å². The highest BCUT2D eigenvalue weighted by molar-refractivity contribution is 5.98. The van der Waals surface area contributed by atoms with Crippen LogP contribution in [0.25, 0.3) is 11.1 Å². The number of nitriles is 1. The molecule has 36 heavy (non-hydrogen) atoms. The van der Waals surface area contributed by atoms with Gasteiger partial charge in [-0.2, -0.15) is 5.26 Å². The lowest BCUT2D eigenvalue weighted by Gasteiger charge is -2.37. The second kappa shape index (κ2) is 11.2. The third kappa shape index (κ3) is 5.67. The summed E-state index contributed by atoms with van der Waals surface area (Å²) in [5.74, 6) is 0.0140. The second-order valence-electron chi connectivity index (χ2n) is 9.34. The van der Waals surface area contributed by atoms with Gasteiger partial charge in [0.1, 0.15) is 18.0 Å². The lowest BCUT2D eigenvalue weighted by molar-refractivity contribution is 0.0325. The Bertz CT molecular complexity index is 1250. The van der Waals surface area contributed by atoms with Crippen molar-refractivity contribution in [1.82, 2.24) is 24.8 Å². The van der Waals surface area contributed by atoms with Gasteiger partial charge < -0.3 is 14.7 Å². The highest BCUT2D eigenvalue weighted by Gasteiger charge is 2.34. The number of likely N-dealkylation sites (N-methyl/N-ethyl adjacent to an activating group) is 1. The molecular weight excluding hydrogens is 456 g/mol. The van der Waals surface area contributed by atoms with Crippen molar-refractivity contribution in [3.05, 3.63) is 71.9 Å². The average Bonchev–Trinajstić information content (AvgIpc) is 2.90. The van der Waals surface area contributed by atoms with Crippen molar-refractivity contribution >= 4 is 5.91 Å². The summed E-state index contributed by atoms with van der Waals surface area (Å²) >= 11 is 0. The monoisotopic (exact) mass is 486 g/mol. The van der Waals surface area contributed by atoms with Gasteiger partial charge in [-0.15, -0.1) is 0 Å². The molecule has 3 aromatic rings. The van der Waals surface area contributed by atoms with Crippen LogP contribution in [0, 0.1) is 17.2 Å². The molecule has 9 heteroatoms. The number of carbonyl (C=O) groups is 1. The Morgan fingerprint density at radius 3 is 2.75 bits per heavy atom. The molecule has 1 aromatic carbocycles. The molecule has 3 atom stereocenters. The predicted octanol–water partition coefficient (Wildman–Crippen LogP) is 2.76. The zero-order valence-corrected chi connectivity index (χ0v) is 20.7. The second-order valence-corrected chi connectivity index (χ2v) is 9.34. The van der Waals surface area contributed by atoms with Gasteiger partial charge in [-0.25, -0.2) is 15.0 Å². The summed E-state index contributed by atoms with van der Waals surface area (Å²) in [5.41, 5.74) is 3.36. The minimum Gasteiger partial charge on any atom is -0.472 e. The topological polar surface area (TPSA) is 115 Å². The van der Waals surface area contributed by atoms with Crippen molar-refractivity contribution in [2.24, 2.45) is 5.92 Å². The normalized spacial score (nSPS) is 18.6. The first-order valence-corrected chi connectivity index (χ1v) is 11.9. The lowest BCUT2D eigenvalue weighted by Crippen LogP contribution is -2.49. The number of amides is 1. The number of fused-ring (bicyclic) bond motifs is 1. The van der Waals surface area contributed by atoms with E-state index in [0.717, 1.165) is 11.1 Å². The van der Waals surface area contributed by atoms with Crippen LogP contribution in [-0.4, -0.2) is 74.7 Å². The number of carbonyl (C=O) groups excluding carboxylic acids is 1. The van der Waals surface area contributed by atoms with E-state index in [2.05, 4.69) is 25.9 Å². The van der Waals surface area contributed by atoms with Crippen molar-refractivity contribution < 1.29 is 14.6 Å². The highest BCUT2D eigenvalue weighted by Crippen LogP contribution is 2.30. The quantitative estimate of drug-likeness (QED) is 0.542. The van der Waals surface area contributed by atoms with E-state index in [4.69, 9.17) is 4.74 Å². The van der Waals surface area contributed by atoms with Crippen LogP contribution in [0.3, 0.4) is 0 Å². The van der Waals surface area contributed by atoms with Crippen molar-refractivity contribution in [1.29, 1.82) is 5.26 Å². The van der Waals surface area contributed by atoms with Crippen LogP contribution < -0.4 is 4.74 Å².